The summed E-state index contributed by atoms with van der Waals surface area (Å²) in [7, 11) is 0. The molecular weight excluding hydrogens is 472 g/mol. The first-order valence-corrected chi connectivity index (χ1v) is 12.5. The normalized spacial score (nSPS) is 19.1. The second-order valence-electron chi connectivity index (χ2n) is 9.01. The third-order valence-electron chi connectivity index (χ3n) is 6.33. The van der Waals surface area contributed by atoms with Gasteiger partial charge in [0.15, 0.2) is 22.3 Å². The van der Waals surface area contributed by atoms with Crippen LogP contribution in [-0.4, -0.2) is 52.3 Å². The summed E-state index contributed by atoms with van der Waals surface area (Å²) in [6.45, 7) is 1.32. The smallest absolute Gasteiger partial charge is 0.273 e. The van der Waals surface area contributed by atoms with Gasteiger partial charge in [0.25, 0.3) is 5.56 Å². The van der Waals surface area contributed by atoms with Gasteiger partial charge in [0.2, 0.25) is 18.6 Å². The zero-order chi connectivity index (χ0) is 23.9. The van der Waals surface area contributed by atoms with E-state index in [1.807, 2.05) is 0 Å². The number of thiazole rings is 1. The molecule has 2 amide bonds. The molecule has 3 aromatic rings. The Morgan fingerprint density at radius 2 is 2.03 bits per heavy atom. The second kappa shape index (κ2) is 8.84. The van der Waals surface area contributed by atoms with Crippen LogP contribution >= 0.6 is 11.3 Å². The van der Waals surface area contributed by atoms with Gasteiger partial charge in [0.05, 0.1) is 5.92 Å². The molecule has 1 aliphatic carbocycles. The van der Waals surface area contributed by atoms with Gasteiger partial charge in [-0.05, 0) is 37.8 Å². The molecule has 4 heterocycles. The number of carbonyl (C=O) groups excluding carboxylic acids is 2. The summed E-state index contributed by atoms with van der Waals surface area (Å²) in [5, 5.41) is 6.53. The SMILES string of the molecule is O=C(Cn1cnc2nc(N3CCC[C@@H](C(=O)NC4CC4)C3)sc2c1=O)Nc1ccc2c(c1)OCO2. The van der Waals surface area contributed by atoms with Gasteiger partial charge in [-0.25, -0.2) is 4.98 Å². The number of nitrogens with one attached hydrogen (secondary N) is 2. The van der Waals surface area contributed by atoms with Crippen LogP contribution in [0.2, 0.25) is 0 Å². The number of benzene rings is 1. The Morgan fingerprint density at radius 1 is 1.17 bits per heavy atom. The zero-order valence-corrected chi connectivity index (χ0v) is 19.7. The van der Waals surface area contributed by atoms with Crippen molar-refractivity contribution in [3.05, 3.63) is 34.9 Å². The average Bonchev–Trinajstić information content (AvgIpc) is 3.37. The van der Waals surface area contributed by atoms with Gasteiger partial charge >= 0.3 is 0 Å². The van der Waals surface area contributed by atoms with E-state index in [2.05, 4.69) is 25.5 Å². The monoisotopic (exact) mass is 496 g/mol. The largest absolute Gasteiger partial charge is 0.454 e. The van der Waals surface area contributed by atoms with Crippen LogP contribution in [0.1, 0.15) is 25.7 Å². The van der Waals surface area contributed by atoms with E-state index in [4.69, 9.17) is 9.47 Å². The molecule has 35 heavy (non-hydrogen) atoms. The van der Waals surface area contributed by atoms with Crippen LogP contribution in [0.3, 0.4) is 0 Å². The van der Waals surface area contributed by atoms with Gasteiger partial charge in [-0.2, -0.15) is 4.98 Å². The molecule has 2 fully saturated rings. The predicted molar refractivity (Wildman–Crippen MR) is 129 cm³/mol. The minimum atomic E-state index is -0.364. The molecule has 1 saturated heterocycles. The van der Waals surface area contributed by atoms with E-state index in [1.165, 1.54) is 22.2 Å². The third-order valence-corrected chi connectivity index (χ3v) is 7.42. The van der Waals surface area contributed by atoms with E-state index < -0.39 is 0 Å². The summed E-state index contributed by atoms with van der Waals surface area (Å²) in [6.07, 6.45) is 5.20. The van der Waals surface area contributed by atoms with Crippen LogP contribution in [0.25, 0.3) is 10.3 Å². The zero-order valence-electron chi connectivity index (χ0n) is 18.9. The van der Waals surface area contributed by atoms with Crippen molar-refractivity contribution in [1.29, 1.82) is 0 Å². The summed E-state index contributed by atoms with van der Waals surface area (Å²) < 4.78 is 12.3. The van der Waals surface area contributed by atoms with Gasteiger partial charge in [0.1, 0.15) is 17.6 Å². The maximum absolute atomic E-state index is 13.1. The van der Waals surface area contributed by atoms with E-state index in [0.717, 1.165) is 32.2 Å². The molecule has 2 N–H and O–H groups in total. The maximum atomic E-state index is 13.1. The molecule has 3 aliphatic rings. The highest BCUT2D eigenvalue weighted by molar-refractivity contribution is 7.22. The molecule has 6 rings (SSSR count). The minimum Gasteiger partial charge on any atom is -0.454 e. The van der Waals surface area contributed by atoms with E-state index in [0.29, 0.717) is 45.3 Å². The van der Waals surface area contributed by atoms with Crippen molar-refractivity contribution < 1.29 is 19.1 Å². The highest BCUT2D eigenvalue weighted by Crippen LogP contribution is 2.34. The number of hydrogen-bond acceptors (Lipinski definition) is 9. The number of piperidine rings is 1. The summed E-state index contributed by atoms with van der Waals surface area (Å²) >= 11 is 1.25. The Morgan fingerprint density at radius 3 is 2.89 bits per heavy atom. The standard InChI is InChI=1S/C23H24N6O5S/c30-18(25-15-5-6-16-17(8-15)34-12-33-16)10-29-11-24-20-19(22(29)32)35-23(27-20)28-7-1-2-13(9-28)21(31)26-14-3-4-14/h5-6,8,11,13-14H,1-4,7,9-10,12H2,(H,25,30)(H,26,31)/t13-/m1/s1. The van der Waals surface area contributed by atoms with Crippen molar-refractivity contribution in [2.45, 2.75) is 38.3 Å². The van der Waals surface area contributed by atoms with Crippen LogP contribution in [0.15, 0.2) is 29.3 Å². The Bertz CT molecular complexity index is 1370. The first-order chi connectivity index (χ1) is 17.0. The lowest BCUT2D eigenvalue weighted by Gasteiger charge is -2.31. The van der Waals surface area contributed by atoms with Gasteiger partial charge < -0.3 is 25.0 Å². The molecule has 0 spiro atoms. The summed E-state index contributed by atoms with van der Waals surface area (Å²) in [5.74, 6) is 0.842. The van der Waals surface area contributed by atoms with Gasteiger partial charge in [0, 0.05) is 30.9 Å². The molecule has 0 radical (unpaired) electrons. The number of anilines is 2. The number of rotatable bonds is 6. The van der Waals surface area contributed by atoms with E-state index >= 15 is 0 Å². The van der Waals surface area contributed by atoms with Crippen LogP contribution in [-0.2, 0) is 16.1 Å². The highest BCUT2D eigenvalue weighted by Gasteiger charge is 2.31. The molecule has 1 saturated carbocycles. The van der Waals surface area contributed by atoms with Crippen molar-refractivity contribution in [3.63, 3.8) is 0 Å². The fourth-order valence-corrected chi connectivity index (χ4v) is 5.33. The highest BCUT2D eigenvalue weighted by atomic mass is 32.1. The fraction of sp³-hybridized carbons (Fsp3) is 0.435. The number of fused-ring (bicyclic) bond motifs is 2. The second-order valence-corrected chi connectivity index (χ2v) is 9.99. The number of aromatic nitrogens is 3. The maximum Gasteiger partial charge on any atom is 0.273 e. The molecule has 1 aromatic carbocycles. The van der Waals surface area contributed by atoms with Crippen molar-refractivity contribution >= 4 is 44.3 Å². The van der Waals surface area contributed by atoms with Crippen molar-refractivity contribution in [2.24, 2.45) is 5.92 Å². The van der Waals surface area contributed by atoms with Crippen LogP contribution in [0, 0.1) is 5.92 Å². The minimum absolute atomic E-state index is 0.0825. The summed E-state index contributed by atoms with van der Waals surface area (Å²) in [4.78, 5) is 49.1. The lowest BCUT2D eigenvalue weighted by molar-refractivity contribution is -0.125. The summed E-state index contributed by atoms with van der Waals surface area (Å²) in [6, 6.07) is 5.45. The fourth-order valence-electron chi connectivity index (χ4n) is 4.32. The molecule has 0 unspecified atom stereocenters. The van der Waals surface area contributed by atoms with E-state index in [9.17, 15) is 14.4 Å². The Balaban J connectivity index is 1.15. The van der Waals surface area contributed by atoms with Crippen LogP contribution in [0.4, 0.5) is 10.8 Å². The first kappa shape index (κ1) is 21.8. The van der Waals surface area contributed by atoms with Gasteiger partial charge in [-0.3, -0.25) is 19.0 Å². The molecule has 2 aliphatic heterocycles. The summed E-state index contributed by atoms with van der Waals surface area (Å²) in [5.41, 5.74) is 0.582. The quantitative estimate of drug-likeness (QED) is 0.528. The lowest BCUT2D eigenvalue weighted by atomic mass is 9.97. The Hall–Kier alpha value is -3.67. The molecule has 11 nitrogen and oxygen atoms in total. The molecular formula is C23H24N6O5S. The Kier molecular flexibility index (Phi) is 5.51. The number of ether oxygens (including phenoxy) is 2. The topological polar surface area (TPSA) is 128 Å². The molecule has 182 valence electrons. The van der Waals surface area contributed by atoms with Crippen LogP contribution < -0.4 is 30.6 Å². The van der Waals surface area contributed by atoms with E-state index in [1.54, 1.807) is 18.2 Å². The molecule has 2 aromatic heterocycles. The lowest BCUT2D eigenvalue weighted by Crippen LogP contribution is -2.43. The third kappa shape index (κ3) is 4.53. The van der Waals surface area contributed by atoms with Crippen LogP contribution in [0.5, 0.6) is 11.5 Å². The van der Waals surface area contributed by atoms with Crippen molar-refractivity contribution in [2.75, 3.05) is 30.1 Å². The van der Waals surface area contributed by atoms with Crippen molar-refractivity contribution in [1.82, 2.24) is 19.9 Å². The van der Waals surface area contributed by atoms with E-state index in [-0.39, 0.29) is 36.6 Å². The van der Waals surface area contributed by atoms with Crippen molar-refractivity contribution in [3.8, 4) is 11.5 Å². The first-order valence-electron chi connectivity index (χ1n) is 11.6. The molecule has 12 heteroatoms. The number of nitrogens with zero attached hydrogens (tertiary/aromatic N) is 4. The molecule has 0 bridgehead atoms. The molecule has 1 atom stereocenters. The number of amides is 2. The number of hydrogen-bond donors (Lipinski definition) is 2. The Labute approximate surface area is 204 Å². The predicted octanol–water partition coefficient (Wildman–Crippen LogP) is 1.72. The average molecular weight is 497 g/mol. The number of carbonyl (C=O) groups is 2. The van der Waals surface area contributed by atoms with Gasteiger partial charge in [-0.1, -0.05) is 11.3 Å². The van der Waals surface area contributed by atoms with Gasteiger partial charge in [-0.15, -0.1) is 0 Å².